The highest BCUT2D eigenvalue weighted by Gasteiger charge is 2.53. The summed E-state index contributed by atoms with van der Waals surface area (Å²) >= 11 is 0. The topological polar surface area (TPSA) is 154 Å². The number of aliphatic hydroxyl groups excluding tert-OH is 1. The summed E-state index contributed by atoms with van der Waals surface area (Å²) in [5.41, 5.74) is 12.4. The quantitative estimate of drug-likeness (QED) is 0.180. The molecule has 0 bridgehead atoms. The van der Waals surface area contributed by atoms with Crippen molar-refractivity contribution in [3.05, 3.63) is 65.4 Å². The Morgan fingerprint density at radius 1 is 0.957 bits per heavy atom. The van der Waals surface area contributed by atoms with Gasteiger partial charge < -0.3 is 31.7 Å². The van der Waals surface area contributed by atoms with Gasteiger partial charge in [0.05, 0.1) is 23.1 Å². The fraction of sp³-hybridized carbons (Fsp3) is 0.412. The van der Waals surface area contributed by atoms with E-state index in [2.05, 4.69) is 57.0 Å². The lowest BCUT2D eigenvalue weighted by Gasteiger charge is -2.32. The number of fused-ring (bicyclic) bond motifs is 1. The van der Waals surface area contributed by atoms with E-state index in [1.54, 1.807) is 11.7 Å². The number of urea groups is 1. The molecule has 2 aliphatic rings. The maximum atomic E-state index is 13.0. The predicted molar refractivity (Wildman–Crippen MR) is 181 cm³/mol. The van der Waals surface area contributed by atoms with Crippen molar-refractivity contribution in [1.29, 1.82) is 0 Å². The molecule has 12 nitrogen and oxygen atoms in total. The fourth-order valence-corrected chi connectivity index (χ4v) is 6.27. The van der Waals surface area contributed by atoms with Gasteiger partial charge in [-0.1, -0.05) is 25.1 Å². The molecule has 0 atom stereocenters. The molecule has 1 saturated carbocycles. The fourth-order valence-electron chi connectivity index (χ4n) is 6.27. The van der Waals surface area contributed by atoms with Gasteiger partial charge in [0, 0.05) is 57.7 Å². The number of nitrogens with one attached hydrogen (secondary N) is 3. The summed E-state index contributed by atoms with van der Waals surface area (Å²) in [4.78, 5) is 35.7. The summed E-state index contributed by atoms with van der Waals surface area (Å²) in [6, 6.07) is 15.2. The second-order valence-electron chi connectivity index (χ2n) is 12.4. The third-order valence-corrected chi connectivity index (χ3v) is 9.18. The van der Waals surface area contributed by atoms with Crippen LogP contribution < -0.4 is 21.7 Å². The molecule has 1 aliphatic heterocycles. The Morgan fingerprint density at radius 3 is 2.33 bits per heavy atom. The van der Waals surface area contributed by atoms with Crippen LogP contribution in [0.3, 0.4) is 0 Å². The molecule has 1 saturated heterocycles. The first-order valence-electron chi connectivity index (χ1n) is 15.9. The maximum Gasteiger partial charge on any atom is 0.323 e. The number of hydrogen-bond acceptors (Lipinski definition) is 8. The van der Waals surface area contributed by atoms with E-state index in [1.807, 2.05) is 36.4 Å². The van der Waals surface area contributed by atoms with Crippen molar-refractivity contribution in [2.75, 3.05) is 62.7 Å². The number of carbonyl (C=O) groups excluding carboxylic acids is 2. The van der Waals surface area contributed by atoms with Crippen LogP contribution in [0.25, 0.3) is 22.2 Å². The smallest absolute Gasteiger partial charge is 0.323 e. The molecular formula is C34H43N9O3. The average Bonchev–Trinajstić information content (AvgIpc) is 3.82. The molecule has 12 heteroatoms. The van der Waals surface area contributed by atoms with E-state index in [9.17, 15) is 14.7 Å². The van der Waals surface area contributed by atoms with E-state index in [1.165, 1.54) is 11.1 Å². The number of benzene rings is 2. The van der Waals surface area contributed by atoms with Crippen LogP contribution in [-0.4, -0.2) is 88.0 Å². The Labute approximate surface area is 269 Å². The number of aromatic nitrogens is 3. The zero-order valence-electron chi connectivity index (χ0n) is 26.8. The van der Waals surface area contributed by atoms with Crippen molar-refractivity contribution in [3.63, 3.8) is 0 Å². The number of rotatable bonds is 10. The van der Waals surface area contributed by atoms with Gasteiger partial charge in [0.1, 0.15) is 0 Å². The highest BCUT2D eigenvalue weighted by Crippen LogP contribution is 2.49. The van der Waals surface area contributed by atoms with Crippen molar-refractivity contribution >= 4 is 40.2 Å². The minimum absolute atomic E-state index is 0.126. The van der Waals surface area contributed by atoms with Crippen LogP contribution in [0.5, 0.6) is 0 Å². The zero-order valence-corrected chi connectivity index (χ0v) is 26.8. The van der Waals surface area contributed by atoms with Crippen molar-refractivity contribution in [3.8, 4) is 11.1 Å². The minimum Gasteiger partial charge on any atom is -0.395 e. The number of anilines is 3. The second kappa shape index (κ2) is 13.1. The van der Waals surface area contributed by atoms with E-state index in [0.717, 1.165) is 56.0 Å². The van der Waals surface area contributed by atoms with Gasteiger partial charge >= 0.3 is 6.03 Å². The highest BCUT2D eigenvalue weighted by molar-refractivity contribution is 6.03. The molecule has 3 heterocycles. The standard InChI is InChI=1S/C34H43N9O3/c1-4-22-19-26(10-7-24(22)21-43-16-14-41(2)15-17-43)38-33(46)37-25-8-5-23(6-9-25)27-20-28(34(11-12-34)32(45)36-13-18-44)39-31-29(27)30(35)40-42(31)3/h5-10,19-20,44H,4,11-18,21H2,1-3H3,(H2,35,40)(H,36,45)(H2,37,38,46). The van der Waals surface area contributed by atoms with Crippen molar-refractivity contribution < 1.29 is 14.7 Å². The highest BCUT2D eigenvalue weighted by atomic mass is 16.3. The molecule has 2 fully saturated rings. The van der Waals surface area contributed by atoms with Crippen molar-refractivity contribution in [2.24, 2.45) is 7.05 Å². The zero-order chi connectivity index (χ0) is 32.4. The number of pyridine rings is 1. The maximum absolute atomic E-state index is 13.0. The average molecular weight is 626 g/mol. The van der Waals surface area contributed by atoms with Gasteiger partial charge in [-0.2, -0.15) is 5.10 Å². The number of hydrogen-bond donors (Lipinski definition) is 5. The first kappa shape index (κ1) is 31.5. The number of nitrogen functional groups attached to an aromatic ring is 1. The van der Waals surface area contributed by atoms with Crippen LogP contribution in [0, 0.1) is 0 Å². The monoisotopic (exact) mass is 625 g/mol. The number of amides is 3. The summed E-state index contributed by atoms with van der Waals surface area (Å²) in [6.45, 7) is 7.42. The first-order valence-corrected chi connectivity index (χ1v) is 15.9. The van der Waals surface area contributed by atoms with Crippen molar-refractivity contribution in [2.45, 2.75) is 38.1 Å². The van der Waals surface area contributed by atoms with Crippen LogP contribution in [0.4, 0.5) is 22.0 Å². The molecule has 2 aromatic carbocycles. The Kier molecular flexibility index (Phi) is 8.94. The number of likely N-dealkylation sites (N-methyl/N-ethyl adjacent to an activating group) is 1. The van der Waals surface area contributed by atoms with Crippen LogP contribution in [0.1, 0.15) is 36.6 Å². The van der Waals surface area contributed by atoms with Crippen molar-refractivity contribution in [1.82, 2.24) is 29.9 Å². The number of aryl methyl sites for hydroxylation is 2. The largest absolute Gasteiger partial charge is 0.395 e. The molecule has 46 heavy (non-hydrogen) atoms. The first-order chi connectivity index (χ1) is 22.2. The molecule has 6 N–H and O–H groups in total. The van der Waals surface area contributed by atoms with E-state index >= 15 is 0 Å². The third kappa shape index (κ3) is 6.41. The van der Waals surface area contributed by atoms with Gasteiger partial charge in [0.15, 0.2) is 11.5 Å². The summed E-state index contributed by atoms with van der Waals surface area (Å²) in [7, 11) is 3.94. The van der Waals surface area contributed by atoms with E-state index in [-0.39, 0.29) is 25.1 Å². The summed E-state index contributed by atoms with van der Waals surface area (Å²) in [6.07, 6.45) is 2.24. The van der Waals surface area contributed by atoms with Gasteiger partial charge in [-0.25, -0.2) is 14.5 Å². The SMILES string of the molecule is CCc1cc(NC(=O)Nc2ccc(-c3cc(C4(C(=O)NCCO)CC4)nc4c3c(N)nn4C)cc2)ccc1CN1CCN(C)CC1. The molecule has 0 spiro atoms. The van der Waals surface area contributed by atoms with E-state index < -0.39 is 5.41 Å². The van der Waals surface area contributed by atoms with Gasteiger partial charge in [-0.05, 0) is 78.9 Å². The molecular weight excluding hydrogens is 582 g/mol. The lowest BCUT2D eigenvalue weighted by molar-refractivity contribution is -0.123. The van der Waals surface area contributed by atoms with Crippen LogP contribution >= 0.6 is 0 Å². The lowest BCUT2D eigenvalue weighted by Crippen LogP contribution is -2.44. The molecule has 2 aromatic heterocycles. The van der Waals surface area contributed by atoms with E-state index in [4.69, 9.17) is 10.7 Å². The number of nitrogens with two attached hydrogens (primary N) is 1. The van der Waals surface area contributed by atoms with Gasteiger partial charge in [0.2, 0.25) is 5.91 Å². The Hall–Kier alpha value is -4.52. The van der Waals surface area contributed by atoms with Gasteiger partial charge in [-0.15, -0.1) is 0 Å². The van der Waals surface area contributed by atoms with Gasteiger partial charge in [-0.3, -0.25) is 9.69 Å². The van der Waals surface area contributed by atoms with Crippen LogP contribution in [0.2, 0.25) is 0 Å². The number of carbonyl (C=O) groups is 2. The molecule has 4 aromatic rings. The molecule has 1 aliphatic carbocycles. The summed E-state index contributed by atoms with van der Waals surface area (Å²) < 4.78 is 1.63. The molecule has 242 valence electrons. The van der Waals surface area contributed by atoms with Crippen LogP contribution in [-0.2, 0) is 30.2 Å². The molecule has 3 amide bonds. The summed E-state index contributed by atoms with van der Waals surface area (Å²) in [5, 5.41) is 23.0. The molecule has 6 rings (SSSR count). The van der Waals surface area contributed by atoms with Crippen LogP contribution in [0.15, 0.2) is 48.5 Å². The number of nitrogens with zero attached hydrogens (tertiary/aromatic N) is 5. The van der Waals surface area contributed by atoms with E-state index in [0.29, 0.717) is 41.1 Å². The lowest BCUT2D eigenvalue weighted by atomic mass is 9.95. The normalized spacial score (nSPS) is 16.3. The number of aliphatic hydroxyl groups is 1. The number of piperazine rings is 1. The Balaban J connectivity index is 1.17. The van der Waals surface area contributed by atoms with Gasteiger partial charge in [0.25, 0.3) is 0 Å². The predicted octanol–water partition coefficient (Wildman–Crippen LogP) is 3.31. The second-order valence-corrected chi connectivity index (χ2v) is 12.4. The molecule has 0 unspecified atom stereocenters. The minimum atomic E-state index is -0.739. The summed E-state index contributed by atoms with van der Waals surface area (Å²) in [5.74, 6) is 0.208. The third-order valence-electron chi connectivity index (χ3n) is 9.18. The Morgan fingerprint density at radius 2 is 1.65 bits per heavy atom. The molecule has 0 radical (unpaired) electrons. The Bertz CT molecular complexity index is 1740.